The van der Waals surface area contributed by atoms with Crippen LogP contribution in [0.2, 0.25) is 0 Å². The molecule has 0 aromatic heterocycles. The van der Waals surface area contributed by atoms with E-state index in [1.165, 1.54) is 0 Å². The minimum Gasteiger partial charge on any atom is -0.496 e. The van der Waals surface area contributed by atoms with E-state index in [9.17, 15) is 9.59 Å². The molecule has 1 fully saturated rings. The van der Waals surface area contributed by atoms with Gasteiger partial charge in [0.2, 0.25) is 11.8 Å². The summed E-state index contributed by atoms with van der Waals surface area (Å²) in [6, 6.07) is 13.8. The van der Waals surface area contributed by atoms with Crippen LogP contribution in [0.5, 0.6) is 5.75 Å². The molecule has 0 saturated carbocycles. The summed E-state index contributed by atoms with van der Waals surface area (Å²) in [5.74, 6) is 0.343. The first kappa shape index (κ1) is 19.9. The third-order valence-corrected chi connectivity index (χ3v) is 5.38. The highest BCUT2D eigenvalue weighted by atomic mass is 16.5. The van der Waals surface area contributed by atoms with Gasteiger partial charge in [0.1, 0.15) is 5.75 Å². The van der Waals surface area contributed by atoms with Crippen molar-refractivity contribution >= 4 is 17.5 Å². The van der Waals surface area contributed by atoms with Crippen LogP contribution in [0.4, 0.5) is 5.69 Å². The molecule has 1 aliphatic heterocycles. The second-order valence-electron chi connectivity index (χ2n) is 7.07. The summed E-state index contributed by atoms with van der Waals surface area (Å²) in [6.45, 7) is 5.01. The molecule has 5 heteroatoms. The van der Waals surface area contributed by atoms with Crippen LogP contribution in [-0.4, -0.2) is 25.5 Å². The smallest absolute Gasteiger partial charge is 0.227 e. The Labute approximate surface area is 166 Å². The molecule has 5 nitrogen and oxygen atoms in total. The number of anilines is 1. The Morgan fingerprint density at radius 3 is 2.36 bits per heavy atom. The lowest BCUT2D eigenvalue weighted by atomic mass is 10.0. The molecule has 1 heterocycles. The number of ether oxygens (including phenoxy) is 1. The second-order valence-corrected chi connectivity index (χ2v) is 7.07. The van der Waals surface area contributed by atoms with Gasteiger partial charge in [0, 0.05) is 30.8 Å². The molecule has 1 unspecified atom stereocenters. The summed E-state index contributed by atoms with van der Waals surface area (Å²) in [6.07, 6.45) is 1.97. The predicted molar refractivity (Wildman–Crippen MR) is 110 cm³/mol. The summed E-state index contributed by atoms with van der Waals surface area (Å²) >= 11 is 0. The first-order valence-corrected chi connectivity index (χ1v) is 9.89. The number of methoxy groups -OCH3 is 1. The highest BCUT2D eigenvalue weighted by Crippen LogP contribution is 2.32. The minimum atomic E-state index is -0.336. The van der Waals surface area contributed by atoms with Crippen LogP contribution in [-0.2, 0) is 29.0 Å². The Kier molecular flexibility index (Phi) is 6.34. The number of rotatable bonds is 7. The lowest BCUT2D eigenvalue weighted by molar-refractivity contribution is -0.126. The van der Waals surface area contributed by atoms with Gasteiger partial charge in [-0.2, -0.15) is 0 Å². The van der Waals surface area contributed by atoms with E-state index in [-0.39, 0.29) is 24.2 Å². The van der Waals surface area contributed by atoms with E-state index >= 15 is 0 Å². The number of carbonyl (C=O) groups excluding carboxylic acids is 2. The molecule has 0 aliphatic carbocycles. The summed E-state index contributed by atoms with van der Waals surface area (Å²) in [4.78, 5) is 27.3. The predicted octanol–water partition coefficient (Wildman–Crippen LogP) is 3.49. The molecule has 0 radical (unpaired) electrons. The van der Waals surface area contributed by atoms with Gasteiger partial charge in [-0.1, -0.05) is 50.2 Å². The topological polar surface area (TPSA) is 58.6 Å². The van der Waals surface area contributed by atoms with Crippen molar-refractivity contribution in [3.05, 3.63) is 59.2 Å². The Morgan fingerprint density at radius 2 is 1.71 bits per heavy atom. The molecule has 2 aromatic rings. The minimum absolute atomic E-state index is 0.0213. The number of benzene rings is 2. The van der Waals surface area contributed by atoms with Crippen molar-refractivity contribution in [2.45, 2.75) is 39.7 Å². The van der Waals surface area contributed by atoms with Gasteiger partial charge in [-0.3, -0.25) is 9.59 Å². The summed E-state index contributed by atoms with van der Waals surface area (Å²) in [5.41, 5.74) is 4.23. The van der Waals surface area contributed by atoms with Crippen molar-refractivity contribution in [1.29, 1.82) is 0 Å². The molecule has 0 bridgehead atoms. The highest BCUT2D eigenvalue weighted by Gasteiger charge is 2.36. The first-order chi connectivity index (χ1) is 13.6. The van der Waals surface area contributed by atoms with Crippen molar-refractivity contribution in [3.63, 3.8) is 0 Å². The SMILES string of the molecule is CCc1cccc(CC)c1N1CC(C(=O)NCc2ccccc2OC)CC1=O. The maximum Gasteiger partial charge on any atom is 0.227 e. The van der Waals surface area contributed by atoms with E-state index < -0.39 is 0 Å². The largest absolute Gasteiger partial charge is 0.496 e. The highest BCUT2D eigenvalue weighted by molar-refractivity contribution is 6.01. The van der Waals surface area contributed by atoms with Crippen molar-refractivity contribution < 1.29 is 14.3 Å². The van der Waals surface area contributed by atoms with E-state index in [2.05, 4.69) is 31.3 Å². The van der Waals surface area contributed by atoms with Gasteiger partial charge in [0.15, 0.2) is 0 Å². The van der Waals surface area contributed by atoms with Crippen LogP contribution < -0.4 is 15.0 Å². The van der Waals surface area contributed by atoms with Crippen LogP contribution >= 0.6 is 0 Å². The fourth-order valence-electron chi connectivity index (χ4n) is 3.84. The van der Waals surface area contributed by atoms with Crippen molar-refractivity contribution in [2.24, 2.45) is 5.92 Å². The number of nitrogens with zero attached hydrogens (tertiary/aromatic N) is 1. The number of para-hydroxylation sites is 2. The molecule has 1 N–H and O–H groups in total. The zero-order valence-corrected chi connectivity index (χ0v) is 16.8. The van der Waals surface area contributed by atoms with E-state index in [1.807, 2.05) is 35.2 Å². The van der Waals surface area contributed by atoms with Gasteiger partial charge in [-0.15, -0.1) is 0 Å². The van der Waals surface area contributed by atoms with Crippen molar-refractivity contribution in [2.75, 3.05) is 18.6 Å². The van der Waals surface area contributed by atoms with Gasteiger partial charge < -0.3 is 15.0 Å². The Morgan fingerprint density at radius 1 is 1.07 bits per heavy atom. The van der Waals surface area contributed by atoms with Crippen LogP contribution in [0.3, 0.4) is 0 Å². The van der Waals surface area contributed by atoms with Gasteiger partial charge in [-0.25, -0.2) is 0 Å². The maximum atomic E-state index is 12.7. The molecule has 1 saturated heterocycles. The van der Waals surface area contributed by atoms with Gasteiger partial charge in [0.05, 0.1) is 13.0 Å². The summed E-state index contributed by atoms with van der Waals surface area (Å²) in [5, 5.41) is 2.97. The fourth-order valence-corrected chi connectivity index (χ4v) is 3.84. The van der Waals surface area contributed by atoms with Gasteiger partial charge in [0.25, 0.3) is 0 Å². The molecule has 2 aromatic carbocycles. The van der Waals surface area contributed by atoms with E-state index in [0.717, 1.165) is 41.0 Å². The Balaban J connectivity index is 1.72. The van der Waals surface area contributed by atoms with Crippen LogP contribution in [0.15, 0.2) is 42.5 Å². The molecule has 0 spiro atoms. The molecule has 2 amide bonds. The molecule has 148 valence electrons. The number of hydrogen-bond donors (Lipinski definition) is 1. The number of nitrogens with one attached hydrogen (secondary N) is 1. The normalized spacial score (nSPS) is 16.3. The standard InChI is InChI=1S/C23H28N2O3/c1-4-16-10-8-11-17(5-2)22(16)25-15-19(13-21(25)26)23(27)24-14-18-9-6-7-12-20(18)28-3/h6-12,19H,4-5,13-15H2,1-3H3,(H,24,27). The van der Waals surface area contributed by atoms with Crippen molar-refractivity contribution in [1.82, 2.24) is 5.32 Å². The Hall–Kier alpha value is -2.82. The van der Waals surface area contributed by atoms with Crippen LogP contribution in [0.25, 0.3) is 0 Å². The zero-order valence-electron chi connectivity index (χ0n) is 16.8. The maximum absolute atomic E-state index is 12.7. The molecular weight excluding hydrogens is 352 g/mol. The Bertz CT molecular complexity index is 840. The monoisotopic (exact) mass is 380 g/mol. The van der Waals surface area contributed by atoms with Crippen LogP contribution in [0.1, 0.15) is 37.0 Å². The number of hydrogen-bond acceptors (Lipinski definition) is 3. The molecule has 28 heavy (non-hydrogen) atoms. The third kappa shape index (κ3) is 4.03. The van der Waals surface area contributed by atoms with E-state index in [4.69, 9.17) is 4.74 Å². The number of amides is 2. The van der Waals surface area contributed by atoms with Crippen molar-refractivity contribution in [3.8, 4) is 5.75 Å². The van der Waals surface area contributed by atoms with Gasteiger partial charge >= 0.3 is 0 Å². The second kappa shape index (κ2) is 8.91. The molecule has 1 atom stereocenters. The number of carbonyl (C=O) groups is 2. The lowest BCUT2D eigenvalue weighted by Gasteiger charge is -2.23. The van der Waals surface area contributed by atoms with Crippen LogP contribution in [0, 0.1) is 5.92 Å². The first-order valence-electron chi connectivity index (χ1n) is 9.89. The molecular formula is C23H28N2O3. The zero-order chi connectivity index (χ0) is 20.1. The number of aryl methyl sites for hydroxylation is 2. The average molecular weight is 380 g/mol. The molecule has 3 rings (SSSR count). The lowest BCUT2D eigenvalue weighted by Crippen LogP contribution is -2.33. The third-order valence-electron chi connectivity index (χ3n) is 5.38. The van der Waals surface area contributed by atoms with E-state index in [1.54, 1.807) is 7.11 Å². The average Bonchev–Trinajstić information content (AvgIpc) is 3.12. The van der Waals surface area contributed by atoms with E-state index in [0.29, 0.717) is 13.1 Å². The quantitative estimate of drug-likeness (QED) is 0.800. The summed E-state index contributed by atoms with van der Waals surface area (Å²) in [7, 11) is 1.62. The summed E-state index contributed by atoms with van der Waals surface area (Å²) < 4.78 is 5.33. The molecule has 1 aliphatic rings. The fraction of sp³-hybridized carbons (Fsp3) is 0.391. The van der Waals surface area contributed by atoms with Gasteiger partial charge in [-0.05, 0) is 30.0 Å².